The Morgan fingerprint density at radius 1 is 1.31 bits per heavy atom. The molecule has 2 aromatic heterocycles. The second-order valence-corrected chi connectivity index (χ2v) is 7.77. The fourth-order valence-corrected chi connectivity index (χ4v) is 4.38. The quantitative estimate of drug-likeness (QED) is 0.706. The number of halogens is 1. The van der Waals surface area contributed by atoms with Crippen LogP contribution in [0.15, 0.2) is 48.1 Å². The van der Waals surface area contributed by atoms with E-state index in [0.717, 1.165) is 42.9 Å². The Hall–Kier alpha value is -2.02. The molecule has 1 saturated heterocycles. The number of nitrogens with zero attached hydrogens (tertiary/aromatic N) is 2. The number of nitrogens with one attached hydrogen (secondary N) is 1. The number of benzene rings is 1. The number of thiophene rings is 1. The van der Waals surface area contributed by atoms with Crippen LogP contribution in [0.25, 0.3) is 10.4 Å². The molecule has 4 nitrogen and oxygen atoms in total. The molecule has 4 rings (SSSR count). The van der Waals surface area contributed by atoms with E-state index in [1.807, 2.05) is 29.6 Å². The Bertz CT molecular complexity index is 827. The standard InChI is InChI=1S/C20H22FN3OS/c21-17-4-3-14(12-16(17)18-2-1-11-26-18)13-24-9-5-15(6-10-24)19(25)20-22-7-8-23-20/h1-4,7-8,11-12,15,19,25H,5-6,9-10,13H2,(H,22,23)/t19-/m1/s1. The molecule has 0 spiro atoms. The number of rotatable bonds is 5. The van der Waals surface area contributed by atoms with Gasteiger partial charge in [0.05, 0.1) is 0 Å². The highest BCUT2D eigenvalue weighted by molar-refractivity contribution is 7.13. The summed E-state index contributed by atoms with van der Waals surface area (Å²) in [6.07, 6.45) is 4.76. The number of aromatic nitrogens is 2. The van der Waals surface area contributed by atoms with Crippen LogP contribution in [0.5, 0.6) is 0 Å². The van der Waals surface area contributed by atoms with Crippen LogP contribution < -0.4 is 0 Å². The van der Waals surface area contributed by atoms with Crippen molar-refractivity contribution in [3.8, 4) is 10.4 Å². The molecule has 1 aliphatic heterocycles. The molecule has 0 saturated carbocycles. The molecule has 0 radical (unpaired) electrons. The summed E-state index contributed by atoms with van der Waals surface area (Å²) in [7, 11) is 0. The van der Waals surface area contributed by atoms with E-state index < -0.39 is 6.10 Å². The van der Waals surface area contributed by atoms with Gasteiger partial charge in [0.15, 0.2) is 0 Å². The molecule has 0 unspecified atom stereocenters. The summed E-state index contributed by atoms with van der Waals surface area (Å²) in [6, 6.07) is 9.30. The molecule has 6 heteroatoms. The highest BCUT2D eigenvalue weighted by atomic mass is 32.1. The Labute approximate surface area is 156 Å². The minimum Gasteiger partial charge on any atom is -0.385 e. The molecule has 3 aromatic rings. The second kappa shape index (κ2) is 7.70. The van der Waals surface area contributed by atoms with Crippen molar-refractivity contribution in [2.24, 2.45) is 5.92 Å². The van der Waals surface area contributed by atoms with Crippen molar-refractivity contribution in [2.75, 3.05) is 13.1 Å². The molecule has 0 amide bonds. The van der Waals surface area contributed by atoms with Gasteiger partial charge in [-0.1, -0.05) is 12.1 Å². The van der Waals surface area contributed by atoms with Gasteiger partial charge in [0.2, 0.25) is 0 Å². The summed E-state index contributed by atoms with van der Waals surface area (Å²) < 4.78 is 14.1. The summed E-state index contributed by atoms with van der Waals surface area (Å²) in [5.41, 5.74) is 1.81. The maximum absolute atomic E-state index is 14.1. The van der Waals surface area contributed by atoms with Gasteiger partial charge in [0.25, 0.3) is 0 Å². The number of H-pyrrole nitrogens is 1. The van der Waals surface area contributed by atoms with Gasteiger partial charge in [-0.3, -0.25) is 4.90 Å². The monoisotopic (exact) mass is 371 g/mol. The van der Waals surface area contributed by atoms with Gasteiger partial charge in [-0.2, -0.15) is 0 Å². The van der Waals surface area contributed by atoms with Crippen molar-refractivity contribution in [1.29, 1.82) is 0 Å². The number of likely N-dealkylation sites (tertiary alicyclic amines) is 1. The number of aliphatic hydroxyl groups excluding tert-OH is 1. The molecule has 3 heterocycles. The van der Waals surface area contributed by atoms with Crippen molar-refractivity contribution in [1.82, 2.24) is 14.9 Å². The van der Waals surface area contributed by atoms with Crippen molar-refractivity contribution in [3.63, 3.8) is 0 Å². The van der Waals surface area contributed by atoms with Crippen LogP contribution >= 0.6 is 11.3 Å². The van der Waals surface area contributed by atoms with Crippen LogP contribution in [0.3, 0.4) is 0 Å². The van der Waals surface area contributed by atoms with Crippen LogP contribution in [0.2, 0.25) is 0 Å². The minimum atomic E-state index is -0.525. The predicted octanol–water partition coefficient (Wildman–Crippen LogP) is 4.22. The number of piperidine rings is 1. The third-order valence-corrected chi connectivity index (χ3v) is 6.01. The van der Waals surface area contributed by atoms with Crippen molar-refractivity contribution in [2.45, 2.75) is 25.5 Å². The molecule has 26 heavy (non-hydrogen) atoms. The highest BCUT2D eigenvalue weighted by Gasteiger charge is 2.27. The lowest BCUT2D eigenvalue weighted by molar-refractivity contribution is 0.0515. The number of hydrogen-bond donors (Lipinski definition) is 2. The van der Waals surface area contributed by atoms with E-state index in [-0.39, 0.29) is 11.7 Å². The van der Waals surface area contributed by atoms with Gasteiger partial charge in [0, 0.05) is 29.4 Å². The lowest BCUT2D eigenvalue weighted by Crippen LogP contribution is -2.35. The smallest absolute Gasteiger partial charge is 0.135 e. The molecule has 2 N–H and O–H groups in total. The van der Waals surface area contributed by atoms with Crippen LogP contribution in [-0.2, 0) is 6.54 Å². The van der Waals surface area contributed by atoms with Gasteiger partial charge in [-0.15, -0.1) is 11.3 Å². The summed E-state index contributed by atoms with van der Waals surface area (Å²) in [4.78, 5) is 10.5. The largest absolute Gasteiger partial charge is 0.385 e. The van der Waals surface area contributed by atoms with Crippen LogP contribution in [-0.4, -0.2) is 33.1 Å². The van der Waals surface area contributed by atoms with E-state index in [4.69, 9.17) is 0 Å². The lowest BCUT2D eigenvalue weighted by atomic mass is 9.90. The maximum Gasteiger partial charge on any atom is 0.135 e. The Morgan fingerprint density at radius 2 is 2.15 bits per heavy atom. The molecular weight excluding hydrogens is 349 g/mol. The minimum absolute atomic E-state index is 0.170. The second-order valence-electron chi connectivity index (χ2n) is 6.82. The van der Waals surface area contributed by atoms with Crippen LogP contribution in [0.1, 0.15) is 30.3 Å². The summed E-state index contributed by atoms with van der Waals surface area (Å²) in [5, 5.41) is 12.4. The van der Waals surface area contributed by atoms with Gasteiger partial charge in [0.1, 0.15) is 17.7 Å². The highest BCUT2D eigenvalue weighted by Crippen LogP contribution is 2.31. The topological polar surface area (TPSA) is 52.2 Å². The van der Waals surface area contributed by atoms with Gasteiger partial charge < -0.3 is 10.1 Å². The third-order valence-electron chi connectivity index (χ3n) is 5.10. The Morgan fingerprint density at radius 3 is 2.85 bits per heavy atom. The third kappa shape index (κ3) is 3.72. The first-order valence-corrected chi connectivity index (χ1v) is 9.80. The fourth-order valence-electron chi connectivity index (χ4n) is 3.64. The molecule has 0 bridgehead atoms. The zero-order chi connectivity index (χ0) is 17.9. The summed E-state index contributed by atoms with van der Waals surface area (Å²) in [6.45, 7) is 2.66. The molecule has 136 valence electrons. The molecule has 0 aliphatic carbocycles. The Kier molecular flexibility index (Phi) is 5.15. The van der Waals surface area contributed by atoms with Crippen LogP contribution in [0, 0.1) is 11.7 Å². The van der Waals surface area contributed by atoms with E-state index in [1.165, 1.54) is 0 Å². The van der Waals surface area contributed by atoms with Gasteiger partial charge in [-0.05, 0) is 61.0 Å². The SMILES string of the molecule is O[C@@H](c1ncc[nH]1)C1CCN(Cc2ccc(F)c(-c3cccs3)c2)CC1. The Balaban J connectivity index is 1.38. The first-order chi connectivity index (χ1) is 12.7. The number of aromatic amines is 1. The first kappa shape index (κ1) is 17.4. The van der Waals surface area contributed by atoms with Crippen molar-refractivity contribution >= 4 is 11.3 Å². The average molecular weight is 371 g/mol. The molecule has 1 aromatic carbocycles. The van der Waals surface area contributed by atoms with E-state index in [2.05, 4.69) is 14.9 Å². The van der Waals surface area contributed by atoms with E-state index in [1.54, 1.807) is 29.8 Å². The number of aliphatic hydroxyl groups is 1. The first-order valence-electron chi connectivity index (χ1n) is 8.92. The number of hydrogen-bond acceptors (Lipinski definition) is 4. The van der Waals surface area contributed by atoms with Crippen molar-refractivity contribution < 1.29 is 9.50 Å². The van der Waals surface area contributed by atoms with Crippen molar-refractivity contribution in [3.05, 3.63) is 65.3 Å². The lowest BCUT2D eigenvalue weighted by Gasteiger charge is -2.33. The normalized spacial score (nSPS) is 17.5. The average Bonchev–Trinajstić information content (AvgIpc) is 3.37. The zero-order valence-corrected chi connectivity index (χ0v) is 15.3. The van der Waals surface area contributed by atoms with E-state index in [0.29, 0.717) is 11.4 Å². The molecular formula is C20H22FN3OS. The molecule has 1 aliphatic rings. The van der Waals surface area contributed by atoms with Gasteiger partial charge >= 0.3 is 0 Å². The summed E-state index contributed by atoms with van der Waals surface area (Å²) in [5.74, 6) is 0.714. The van der Waals surface area contributed by atoms with Crippen LogP contribution in [0.4, 0.5) is 4.39 Å². The van der Waals surface area contributed by atoms with E-state index >= 15 is 0 Å². The predicted molar refractivity (Wildman–Crippen MR) is 101 cm³/mol. The maximum atomic E-state index is 14.1. The number of imidazole rings is 1. The zero-order valence-electron chi connectivity index (χ0n) is 14.4. The van der Waals surface area contributed by atoms with Gasteiger partial charge in [-0.25, -0.2) is 9.37 Å². The molecule has 1 atom stereocenters. The fraction of sp³-hybridized carbons (Fsp3) is 0.350. The molecule has 1 fully saturated rings. The van der Waals surface area contributed by atoms with E-state index in [9.17, 15) is 9.50 Å². The summed E-state index contributed by atoms with van der Waals surface area (Å²) >= 11 is 1.56.